The molecule has 0 unspecified atom stereocenters. The summed E-state index contributed by atoms with van der Waals surface area (Å²) < 4.78 is 4.66. The van der Waals surface area contributed by atoms with Gasteiger partial charge in [-0.05, 0) is 12.1 Å². The molecule has 1 heterocycles. The Labute approximate surface area is 97.8 Å². The zero-order valence-corrected chi connectivity index (χ0v) is 6.44. The van der Waals surface area contributed by atoms with Gasteiger partial charge in [-0.1, -0.05) is 0 Å². The van der Waals surface area contributed by atoms with Crippen molar-refractivity contribution >= 4 is 35.5 Å². The van der Waals surface area contributed by atoms with Gasteiger partial charge in [-0.2, -0.15) is 5.26 Å². The number of ether oxygens (including phenoxy) is 1. The molecule has 0 bridgehead atoms. The van der Waals surface area contributed by atoms with Crippen molar-refractivity contribution in [1.82, 2.24) is 4.98 Å². The van der Waals surface area contributed by atoms with Crippen LogP contribution in [0.2, 0.25) is 0 Å². The molecule has 0 atom stereocenters. The number of nitrogens with zero attached hydrogens (tertiary/aromatic N) is 2. The Balaban J connectivity index is 0.00000144. The summed E-state index contributed by atoms with van der Waals surface area (Å²) in [5, 5.41) is 8.55. The van der Waals surface area contributed by atoms with E-state index in [0.29, 0.717) is 0 Å². The second kappa shape index (κ2) is 5.70. The summed E-state index contributed by atoms with van der Waals surface area (Å²) in [5.74, 6) is -0.419. The van der Waals surface area contributed by atoms with Crippen LogP contribution in [0, 0.1) is 11.3 Å². The summed E-state index contributed by atoms with van der Waals surface area (Å²) in [6.07, 6.45) is 1.46. The van der Waals surface area contributed by atoms with Crippen molar-refractivity contribution in [3.63, 3.8) is 0 Å². The zero-order chi connectivity index (χ0) is 8.97. The van der Waals surface area contributed by atoms with Crippen molar-refractivity contribution in [3.8, 4) is 11.9 Å². The van der Waals surface area contributed by atoms with E-state index in [2.05, 4.69) is 9.72 Å². The Morgan fingerprint density at radius 2 is 2.38 bits per heavy atom. The van der Waals surface area contributed by atoms with E-state index in [1.807, 2.05) is 6.07 Å². The van der Waals surface area contributed by atoms with Gasteiger partial charge in [0.2, 0.25) is 5.88 Å². The number of rotatable bonds is 1. The fraction of sp³-hybridized carbons (Fsp3) is 0.125. The maximum atomic E-state index is 10.5. The third kappa shape index (κ3) is 3.55. The molecule has 1 rings (SSSR count). The van der Waals surface area contributed by atoms with Crippen molar-refractivity contribution < 1.29 is 9.53 Å². The van der Waals surface area contributed by atoms with Gasteiger partial charge in [0, 0.05) is 13.1 Å². The molecule has 62 valence electrons. The van der Waals surface area contributed by atoms with Gasteiger partial charge < -0.3 is 4.74 Å². The Hall–Kier alpha value is -0.890. The van der Waals surface area contributed by atoms with E-state index in [9.17, 15) is 4.79 Å². The number of aromatic nitrogens is 1. The maximum absolute atomic E-state index is 10.5. The van der Waals surface area contributed by atoms with Gasteiger partial charge in [0.25, 0.3) is 0 Å². The quantitative estimate of drug-likeness (QED) is 0.465. The summed E-state index contributed by atoms with van der Waals surface area (Å²) in [4.78, 5) is 14.2. The third-order valence-corrected chi connectivity index (χ3v) is 1.13. The predicted octanol–water partition coefficient (Wildman–Crippen LogP) is 0.230. The standard InChI is InChI=1S/C8H6N2O2.Na.H/c1-6(11)12-8-7(5-9)3-2-4-10-8;;/h2-4H,1H3;;. The van der Waals surface area contributed by atoms with Gasteiger partial charge in [0.15, 0.2) is 0 Å². The molecule has 0 saturated carbocycles. The molecule has 13 heavy (non-hydrogen) atoms. The average molecular weight is 186 g/mol. The van der Waals surface area contributed by atoms with Gasteiger partial charge in [-0.25, -0.2) is 4.98 Å². The van der Waals surface area contributed by atoms with E-state index in [0.717, 1.165) is 0 Å². The number of pyridine rings is 1. The molecule has 0 amide bonds. The molecule has 4 nitrogen and oxygen atoms in total. The monoisotopic (exact) mass is 186 g/mol. The van der Waals surface area contributed by atoms with Crippen molar-refractivity contribution in [1.29, 1.82) is 5.26 Å². The van der Waals surface area contributed by atoms with E-state index < -0.39 is 5.97 Å². The van der Waals surface area contributed by atoms with Crippen molar-refractivity contribution in [2.24, 2.45) is 0 Å². The summed E-state index contributed by atoms with van der Waals surface area (Å²) in [6, 6.07) is 5.00. The van der Waals surface area contributed by atoms with Crippen LogP contribution >= 0.6 is 0 Å². The third-order valence-electron chi connectivity index (χ3n) is 1.13. The summed E-state index contributed by atoms with van der Waals surface area (Å²) in [7, 11) is 0. The molecule has 0 N–H and O–H groups in total. The molecule has 1 aromatic heterocycles. The number of esters is 1. The fourth-order valence-corrected chi connectivity index (χ4v) is 0.693. The predicted molar refractivity (Wildman–Crippen MR) is 47.4 cm³/mol. The molecule has 0 saturated heterocycles. The van der Waals surface area contributed by atoms with Crippen LogP contribution in [-0.4, -0.2) is 40.5 Å². The van der Waals surface area contributed by atoms with Crippen LogP contribution in [0.25, 0.3) is 0 Å². The Morgan fingerprint density at radius 1 is 1.69 bits per heavy atom. The second-order valence-corrected chi connectivity index (χ2v) is 2.06. The molecule has 1 aromatic rings. The van der Waals surface area contributed by atoms with E-state index in [1.165, 1.54) is 19.2 Å². The number of hydrogen-bond acceptors (Lipinski definition) is 4. The number of carbonyl (C=O) groups is 1. The minimum atomic E-state index is -0.481. The molecule has 0 radical (unpaired) electrons. The van der Waals surface area contributed by atoms with Gasteiger partial charge in [0.1, 0.15) is 11.6 Å². The SMILES string of the molecule is CC(=O)Oc1ncccc1C#N.[NaH]. The normalized spacial score (nSPS) is 8.00. The first-order valence-corrected chi connectivity index (χ1v) is 3.27. The van der Waals surface area contributed by atoms with Crippen molar-refractivity contribution in [2.45, 2.75) is 6.92 Å². The van der Waals surface area contributed by atoms with E-state index >= 15 is 0 Å². The molecular weight excluding hydrogens is 179 g/mol. The second-order valence-electron chi connectivity index (χ2n) is 2.06. The van der Waals surface area contributed by atoms with Crippen LogP contribution in [0.15, 0.2) is 18.3 Å². The minimum absolute atomic E-state index is 0. The first kappa shape index (κ1) is 12.1. The van der Waals surface area contributed by atoms with Crippen LogP contribution in [0.3, 0.4) is 0 Å². The van der Waals surface area contributed by atoms with Gasteiger partial charge in [-0.3, -0.25) is 4.79 Å². The number of nitriles is 1. The van der Waals surface area contributed by atoms with Crippen LogP contribution in [-0.2, 0) is 4.79 Å². The fourth-order valence-electron chi connectivity index (χ4n) is 0.693. The van der Waals surface area contributed by atoms with Crippen LogP contribution < -0.4 is 4.74 Å². The first-order valence-electron chi connectivity index (χ1n) is 3.27. The molecule has 0 spiro atoms. The Bertz CT molecular complexity index is 346. The van der Waals surface area contributed by atoms with Crippen LogP contribution in [0.5, 0.6) is 5.88 Å². The zero-order valence-electron chi connectivity index (χ0n) is 6.44. The van der Waals surface area contributed by atoms with Crippen LogP contribution in [0.4, 0.5) is 0 Å². The topological polar surface area (TPSA) is 63.0 Å². The van der Waals surface area contributed by atoms with E-state index in [-0.39, 0.29) is 41.0 Å². The molecule has 0 aromatic carbocycles. The van der Waals surface area contributed by atoms with Crippen LogP contribution in [0.1, 0.15) is 12.5 Å². The number of carbonyl (C=O) groups excluding carboxylic acids is 1. The van der Waals surface area contributed by atoms with Gasteiger partial charge in [0.05, 0.1) is 0 Å². The molecule has 0 aliphatic heterocycles. The number of hydrogen-bond donors (Lipinski definition) is 0. The van der Waals surface area contributed by atoms with E-state index in [4.69, 9.17) is 5.26 Å². The molecule has 5 heteroatoms. The Morgan fingerprint density at radius 3 is 2.92 bits per heavy atom. The van der Waals surface area contributed by atoms with Crippen molar-refractivity contribution in [2.75, 3.05) is 0 Å². The molecular formula is C8H7N2NaO2. The Kier molecular flexibility index (Phi) is 5.31. The molecule has 0 aliphatic rings. The summed E-state index contributed by atoms with van der Waals surface area (Å²) >= 11 is 0. The molecule has 0 aliphatic carbocycles. The average Bonchev–Trinajstić information content (AvgIpc) is 2.04. The van der Waals surface area contributed by atoms with Crippen molar-refractivity contribution in [3.05, 3.63) is 23.9 Å². The summed E-state index contributed by atoms with van der Waals surface area (Å²) in [6.45, 7) is 1.26. The first-order chi connectivity index (χ1) is 5.74. The van der Waals surface area contributed by atoms with Gasteiger partial charge >= 0.3 is 35.5 Å². The summed E-state index contributed by atoms with van der Waals surface area (Å²) in [5.41, 5.74) is 0.257. The van der Waals surface area contributed by atoms with Gasteiger partial charge in [-0.15, -0.1) is 0 Å². The molecule has 0 fully saturated rings. The van der Waals surface area contributed by atoms with E-state index in [1.54, 1.807) is 6.07 Å².